The van der Waals surface area contributed by atoms with Gasteiger partial charge in [-0.1, -0.05) is 24.3 Å². The Balaban J connectivity index is 1.49. The number of fused-ring (bicyclic) bond motifs is 3. The molecular weight excluding hydrogens is 403 g/mol. The number of nitrogens with zero attached hydrogens (tertiary/aromatic N) is 2. The Morgan fingerprint density at radius 1 is 1.16 bits per heavy atom. The van der Waals surface area contributed by atoms with Gasteiger partial charge in [-0.05, 0) is 67.1 Å². The van der Waals surface area contributed by atoms with Crippen LogP contribution in [0.5, 0.6) is 5.75 Å². The zero-order chi connectivity index (χ0) is 21.9. The van der Waals surface area contributed by atoms with Gasteiger partial charge in [0.25, 0.3) is 0 Å². The number of halogens is 1. The molecule has 2 atom stereocenters. The lowest BCUT2D eigenvalue weighted by molar-refractivity contribution is -0.104. The van der Waals surface area contributed by atoms with E-state index in [1.165, 1.54) is 18.9 Å². The molecule has 1 aromatic heterocycles. The minimum Gasteiger partial charge on any atom is -0.497 e. The fourth-order valence-corrected chi connectivity index (χ4v) is 6.07. The molecule has 5 heteroatoms. The lowest BCUT2D eigenvalue weighted by atomic mass is 9.56. The van der Waals surface area contributed by atoms with Crippen LogP contribution in [-0.2, 0) is 18.3 Å². The highest BCUT2D eigenvalue weighted by Crippen LogP contribution is 2.51. The van der Waals surface area contributed by atoms with Crippen molar-refractivity contribution in [2.45, 2.75) is 43.1 Å². The van der Waals surface area contributed by atoms with Gasteiger partial charge >= 0.3 is 0 Å². The van der Waals surface area contributed by atoms with Crippen LogP contribution in [0.15, 0.2) is 48.5 Å². The molecule has 2 heterocycles. The van der Waals surface area contributed by atoms with Crippen LogP contribution < -0.4 is 4.74 Å². The Morgan fingerprint density at radius 3 is 2.81 bits per heavy atom. The van der Waals surface area contributed by atoms with E-state index in [0.29, 0.717) is 24.9 Å². The summed E-state index contributed by atoms with van der Waals surface area (Å²) in [7, 11) is 1.67. The van der Waals surface area contributed by atoms with Gasteiger partial charge in [0.05, 0.1) is 12.7 Å². The van der Waals surface area contributed by atoms with E-state index < -0.39 is 11.0 Å². The van der Waals surface area contributed by atoms with Crippen molar-refractivity contribution in [1.82, 2.24) is 9.88 Å². The molecule has 2 aromatic carbocycles. The lowest BCUT2D eigenvalue weighted by Gasteiger charge is -2.56. The smallest absolute Gasteiger partial charge is 0.149 e. The number of rotatable bonds is 4. The Morgan fingerprint density at radius 2 is 2.00 bits per heavy atom. The number of benzene rings is 2. The van der Waals surface area contributed by atoms with Crippen LogP contribution in [0.3, 0.4) is 0 Å². The highest BCUT2D eigenvalue weighted by Gasteiger charge is 2.57. The number of para-hydroxylation sites is 1. The Bertz CT molecular complexity index is 1190. The van der Waals surface area contributed by atoms with Gasteiger partial charge in [-0.2, -0.15) is 0 Å². The van der Waals surface area contributed by atoms with Crippen molar-refractivity contribution in [1.29, 1.82) is 0 Å². The minimum absolute atomic E-state index is 0.291. The molecule has 0 spiro atoms. The fourth-order valence-electron chi connectivity index (χ4n) is 6.07. The van der Waals surface area contributed by atoms with Gasteiger partial charge < -0.3 is 14.7 Å². The maximum atomic E-state index is 14.5. The van der Waals surface area contributed by atoms with Crippen LogP contribution in [-0.4, -0.2) is 47.3 Å². The van der Waals surface area contributed by atoms with E-state index in [-0.39, 0.29) is 5.82 Å². The topological polar surface area (TPSA) is 45.6 Å². The number of ether oxygens (including phenoxy) is 1. The summed E-state index contributed by atoms with van der Waals surface area (Å²) in [5.41, 5.74) is 2.07. The van der Waals surface area contributed by atoms with Crippen LogP contribution >= 0.6 is 0 Å². The van der Waals surface area contributed by atoms with Crippen molar-refractivity contribution in [3.8, 4) is 5.75 Å². The molecule has 0 bridgehead atoms. The Labute approximate surface area is 188 Å². The summed E-state index contributed by atoms with van der Waals surface area (Å²) in [4.78, 5) is 7.25. The molecule has 1 N–H and O–H groups in total. The number of β-amino-alcohol motifs (C(OH)–C–C–N with tert-alkyl or cyclic N) is 1. The van der Waals surface area contributed by atoms with Crippen molar-refractivity contribution < 1.29 is 14.2 Å². The van der Waals surface area contributed by atoms with Crippen LogP contribution in [0.1, 0.15) is 36.1 Å². The van der Waals surface area contributed by atoms with Gasteiger partial charge in [-0.15, -0.1) is 0 Å². The second-order valence-corrected chi connectivity index (χ2v) is 10.0. The molecule has 32 heavy (non-hydrogen) atoms. The van der Waals surface area contributed by atoms with Crippen molar-refractivity contribution in [3.63, 3.8) is 0 Å². The molecule has 0 amide bonds. The van der Waals surface area contributed by atoms with Crippen LogP contribution in [0, 0.1) is 11.7 Å². The molecule has 0 unspecified atom stereocenters. The van der Waals surface area contributed by atoms with Crippen LogP contribution in [0.2, 0.25) is 0 Å². The average molecular weight is 433 g/mol. The second-order valence-electron chi connectivity index (χ2n) is 10.0. The van der Waals surface area contributed by atoms with Crippen molar-refractivity contribution in [2.75, 3.05) is 26.7 Å². The molecule has 1 saturated heterocycles. The molecule has 3 aromatic rings. The van der Waals surface area contributed by atoms with E-state index in [2.05, 4.69) is 17.0 Å². The predicted octanol–water partition coefficient (Wildman–Crippen LogP) is 4.27. The number of likely N-dealkylation sites (tertiary alicyclic amines) is 1. The first-order valence-electron chi connectivity index (χ1n) is 11.7. The summed E-state index contributed by atoms with van der Waals surface area (Å²) in [5, 5.41) is 13.1. The fraction of sp³-hybridized carbons (Fsp3) is 0.444. The summed E-state index contributed by atoms with van der Waals surface area (Å²) in [6.45, 7) is 2.68. The van der Waals surface area contributed by atoms with Crippen LogP contribution in [0.4, 0.5) is 4.39 Å². The Hall–Kier alpha value is -2.50. The molecule has 2 fully saturated rings. The largest absolute Gasteiger partial charge is 0.497 e. The lowest BCUT2D eigenvalue weighted by Crippen LogP contribution is -2.66. The number of hydrogen-bond acceptors (Lipinski definition) is 4. The number of pyridine rings is 1. The number of aromatic nitrogens is 1. The summed E-state index contributed by atoms with van der Waals surface area (Å²) < 4.78 is 20.0. The molecule has 1 saturated carbocycles. The summed E-state index contributed by atoms with van der Waals surface area (Å²) in [6, 6.07) is 15.2. The first-order chi connectivity index (χ1) is 15.5. The third kappa shape index (κ3) is 3.13. The predicted molar refractivity (Wildman–Crippen MR) is 123 cm³/mol. The SMILES string of the molecule is COc1cccc([C@@]23CCN(CC4CC4)C[C@@]2(O)Cc2cc4cccc(F)c4nc2C3)c1. The molecule has 166 valence electrons. The highest BCUT2D eigenvalue weighted by molar-refractivity contribution is 5.80. The summed E-state index contributed by atoms with van der Waals surface area (Å²) >= 11 is 0. The number of methoxy groups -OCH3 is 1. The normalized spacial score (nSPS) is 27.7. The average Bonchev–Trinajstić information content (AvgIpc) is 3.60. The molecule has 6 rings (SSSR count). The van der Waals surface area contributed by atoms with Crippen LogP contribution in [0.25, 0.3) is 10.9 Å². The van der Waals surface area contributed by atoms with Gasteiger partial charge in [0, 0.05) is 42.4 Å². The van der Waals surface area contributed by atoms with Gasteiger partial charge in [0.1, 0.15) is 17.1 Å². The van der Waals surface area contributed by atoms with E-state index in [1.54, 1.807) is 13.2 Å². The maximum Gasteiger partial charge on any atom is 0.149 e. The molecule has 1 aliphatic heterocycles. The van der Waals surface area contributed by atoms with Gasteiger partial charge in [0.15, 0.2) is 0 Å². The van der Waals surface area contributed by atoms with Crippen molar-refractivity contribution in [2.24, 2.45) is 5.92 Å². The summed E-state index contributed by atoms with van der Waals surface area (Å²) in [6.07, 6.45) is 4.59. The molecule has 2 aliphatic carbocycles. The van der Waals surface area contributed by atoms with Crippen molar-refractivity contribution >= 4 is 10.9 Å². The minimum atomic E-state index is -0.914. The monoisotopic (exact) mass is 432 g/mol. The molecule has 0 radical (unpaired) electrons. The Kier molecular flexibility index (Phi) is 4.57. The highest BCUT2D eigenvalue weighted by atomic mass is 19.1. The van der Waals surface area contributed by atoms with E-state index in [9.17, 15) is 9.50 Å². The molecule has 4 nitrogen and oxygen atoms in total. The number of piperidine rings is 1. The van der Waals surface area contributed by atoms with E-state index in [4.69, 9.17) is 9.72 Å². The number of hydrogen-bond donors (Lipinski definition) is 1. The third-order valence-corrected chi connectivity index (χ3v) is 7.98. The van der Waals surface area contributed by atoms with E-state index in [1.807, 2.05) is 24.3 Å². The van der Waals surface area contributed by atoms with Gasteiger partial charge in [-0.25, -0.2) is 9.37 Å². The zero-order valence-electron chi connectivity index (χ0n) is 18.5. The number of aliphatic hydroxyl groups is 1. The standard InChI is InChI=1S/C27H29FN2O2/c1-32-22-6-3-5-21(13-22)26-10-11-30(16-18-8-9-18)17-27(26,31)14-20-12-19-4-2-7-23(28)25(19)29-24(20)15-26/h2-7,12-13,18,31H,8-11,14-17H2,1H3/t26-,27-/m0/s1. The molecular formula is C27H29FN2O2. The third-order valence-electron chi connectivity index (χ3n) is 7.98. The quantitative estimate of drug-likeness (QED) is 0.669. The second kappa shape index (κ2) is 7.26. The van der Waals surface area contributed by atoms with Crippen molar-refractivity contribution in [3.05, 3.63) is 71.2 Å². The van der Waals surface area contributed by atoms with E-state index >= 15 is 0 Å². The van der Waals surface area contributed by atoms with E-state index in [0.717, 1.165) is 53.4 Å². The molecule has 3 aliphatic rings. The zero-order valence-corrected chi connectivity index (χ0v) is 18.5. The van der Waals surface area contributed by atoms with Gasteiger partial charge in [0.2, 0.25) is 0 Å². The first-order valence-corrected chi connectivity index (χ1v) is 11.7. The first kappa shape index (κ1) is 20.1. The summed E-state index contributed by atoms with van der Waals surface area (Å²) in [5.74, 6) is 1.29. The van der Waals surface area contributed by atoms with Gasteiger partial charge in [-0.3, -0.25) is 0 Å². The maximum absolute atomic E-state index is 14.5.